The summed E-state index contributed by atoms with van der Waals surface area (Å²) in [6.45, 7) is 0. The highest BCUT2D eigenvalue weighted by atomic mass is 16.5. The predicted octanol–water partition coefficient (Wildman–Crippen LogP) is 2.48. The van der Waals surface area contributed by atoms with E-state index in [1.807, 2.05) is 6.07 Å². The van der Waals surface area contributed by atoms with Crippen molar-refractivity contribution in [1.82, 2.24) is 4.57 Å². The van der Waals surface area contributed by atoms with Crippen LogP contribution in [0.1, 0.15) is 22.9 Å². The Morgan fingerprint density at radius 2 is 1.76 bits per heavy atom. The van der Waals surface area contributed by atoms with E-state index < -0.39 is 6.10 Å². The molecule has 0 saturated carbocycles. The smallest absolute Gasteiger partial charge is 0.238 e. The van der Waals surface area contributed by atoms with Crippen LogP contribution >= 0.6 is 0 Å². The molecule has 21 heavy (non-hydrogen) atoms. The number of carbonyl (C=O) groups excluding carboxylic acids is 2. The SMILES string of the molecule is COc1ccccc1C(OC)C(=O)CC(=O)n1cccc1. The molecule has 1 heterocycles. The lowest BCUT2D eigenvalue weighted by molar-refractivity contribution is -0.128. The van der Waals surface area contributed by atoms with Gasteiger partial charge in [-0.05, 0) is 18.2 Å². The first-order valence-electron chi connectivity index (χ1n) is 6.52. The number of aromatic nitrogens is 1. The molecule has 0 bridgehead atoms. The van der Waals surface area contributed by atoms with Crippen molar-refractivity contribution in [1.29, 1.82) is 0 Å². The van der Waals surface area contributed by atoms with Gasteiger partial charge in [0.15, 0.2) is 5.78 Å². The molecular weight excluding hydrogens is 270 g/mol. The number of rotatable bonds is 6. The fourth-order valence-electron chi connectivity index (χ4n) is 2.15. The molecule has 1 atom stereocenters. The number of nitrogens with zero attached hydrogens (tertiary/aromatic N) is 1. The maximum Gasteiger partial charge on any atom is 0.238 e. The number of ketones is 1. The Bertz CT molecular complexity index is 619. The van der Waals surface area contributed by atoms with Gasteiger partial charge in [-0.15, -0.1) is 0 Å². The summed E-state index contributed by atoms with van der Waals surface area (Å²) in [4.78, 5) is 24.3. The van der Waals surface area contributed by atoms with Crippen LogP contribution < -0.4 is 4.74 Å². The molecule has 0 radical (unpaired) electrons. The van der Waals surface area contributed by atoms with Crippen molar-refractivity contribution >= 4 is 11.7 Å². The fraction of sp³-hybridized carbons (Fsp3) is 0.250. The summed E-state index contributed by atoms with van der Waals surface area (Å²) in [5.74, 6) is -0.0336. The minimum Gasteiger partial charge on any atom is -0.496 e. The summed E-state index contributed by atoms with van der Waals surface area (Å²) in [5.41, 5.74) is 0.618. The number of methoxy groups -OCH3 is 2. The number of benzene rings is 1. The van der Waals surface area contributed by atoms with Crippen molar-refractivity contribution in [2.24, 2.45) is 0 Å². The molecule has 1 aromatic heterocycles. The topological polar surface area (TPSA) is 57.5 Å². The van der Waals surface area contributed by atoms with Crippen LogP contribution in [-0.2, 0) is 9.53 Å². The van der Waals surface area contributed by atoms with Crippen LogP contribution in [0.3, 0.4) is 0 Å². The first-order chi connectivity index (χ1) is 10.2. The van der Waals surface area contributed by atoms with E-state index in [1.54, 1.807) is 42.7 Å². The Kier molecular flexibility index (Phi) is 4.90. The molecule has 0 fully saturated rings. The van der Waals surface area contributed by atoms with E-state index in [2.05, 4.69) is 0 Å². The third-order valence-corrected chi connectivity index (χ3v) is 3.17. The zero-order valence-electron chi connectivity index (χ0n) is 12.0. The third-order valence-electron chi connectivity index (χ3n) is 3.17. The normalized spacial score (nSPS) is 11.9. The molecule has 1 aromatic carbocycles. The second-order valence-corrected chi connectivity index (χ2v) is 4.48. The van der Waals surface area contributed by atoms with E-state index in [4.69, 9.17) is 9.47 Å². The summed E-state index contributed by atoms with van der Waals surface area (Å²) < 4.78 is 11.9. The summed E-state index contributed by atoms with van der Waals surface area (Å²) in [5, 5.41) is 0. The standard InChI is InChI=1S/C16H17NO4/c1-20-14-8-4-3-7-12(14)16(21-2)13(18)11-15(19)17-9-5-6-10-17/h3-10,16H,11H2,1-2H3. The molecule has 0 N–H and O–H groups in total. The van der Waals surface area contributed by atoms with Crippen molar-refractivity contribution in [2.45, 2.75) is 12.5 Å². The van der Waals surface area contributed by atoms with Gasteiger partial charge >= 0.3 is 0 Å². The van der Waals surface area contributed by atoms with Gasteiger partial charge in [-0.25, -0.2) is 0 Å². The molecule has 1 unspecified atom stereocenters. The van der Waals surface area contributed by atoms with Crippen molar-refractivity contribution in [3.8, 4) is 5.75 Å². The van der Waals surface area contributed by atoms with Crippen LogP contribution in [0.2, 0.25) is 0 Å². The van der Waals surface area contributed by atoms with Gasteiger partial charge in [0.1, 0.15) is 11.9 Å². The van der Waals surface area contributed by atoms with Gasteiger partial charge in [0.25, 0.3) is 0 Å². The minimum atomic E-state index is -0.819. The molecule has 0 spiro atoms. The molecule has 5 nitrogen and oxygen atoms in total. The van der Waals surface area contributed by atoms with E-state index in [0.717, 1.165) is 0 Å². The number of carbonyl (C=O) groups is 2. The molecule has 0 aliphatic rings. The van der Waals surface area contributed by atoms with E-state index in [1.165, 1.54) is 18.8 Å². The van der Waals surface area contributed by atoms with Gasteiger partial charge in [-0.3, -0.25) is 14.2 Å². The predicted molar refractivity (Wildman–Crippen MR) is 77.4 cm³/mol. The van der Waals surface area contributed by atoms with Crippen LogP contribution in [0.15, 0.2) is 48.8 Å². The van der Waals surface area contributed by atoms with Crippen molar-refractivity contribution in [3.05, 3.63) is 54.4 Å². The first-order valence-corrected chi connectivity index (χ1v) is 6.52. The van der Waals surface area contributed by atoms with E-state index >= 15 is 0 Å². The maximum atomic E-state index is 12.3. The molecule has 2 aromatic rings. The van der Waals surface area contributed by atoms with Crippen LogP contribution in [0.4, 0.5) is 0 Å². The van der Waals surface area contributed by atoms with E-state index in [0.29, 0.717) is 11.3 Å². The van der Waals surface area contributed by atoms with E-state index in [-0.39, 0.29) is 18.1 Å². The number of ether oxygens (including phenoxy) is 2. The van der Waals surface area contributed by atoms with Crippen molar-refractivity contribution < 1.29 is 19.1 Å². The molecule has 5 heteroatoms. The zero-order chi connectivity index (χ0) is 15.2. The van der Waals surface area contributed by atoms with Crippen LogP contribution in [0.25, 0.3) is 0 Å². The van der Waals surface area contributed by atoms with Crippen LogP contribution in [0, 0.1) is 0 Å². The Morgan fingerprint density at radius 1 is 1.10 bits per heavy atom. The molecule has 0 amide bonds. The molecule has 0 saturated heterocycles. The largest absolute Gasteiger partial charge is 0.496 e. The Morgan fingerprint density at radius 3 is 2.38 bits per heavy atom. The number of hydrogen-bond acceptors (Lipinski definition) is 4. The van der Waals surface area contributed by atoms with Gasteiger partial charge in [0.2, 0.25) is 5.91 Å². The number of hydrogen-bond donors (Lipinski definition) is 0. The average molecular weight is 287 g/mol. The Balaban J connectivity index is 2.17. The lowest BCUT2D eigenvalue weighted by Crippen LogP contribution is -2.21. The molecule has 110 valence electrons. The molecular formula is C16H17NO4. The van der Waals surface area contributed by atoms with Gasteiger partial charge in [-0.1, -0.05) is 18.2 Å². The highest BCUT2D eigenvalue weighted by Gasteiger charge is 2.25. The van der Waals surface area contributed by atoms with Crippen molar-refractivity contribution in [2.75, 3.05) is 14.2 Å². The van der Waals surface area contributed by atoms with Gasteiger partial charge in [0, 0.05) is 25.1 Å². The summed E-state index contributed by atoms with van der Waals surface area (Å²) in [6.07, 6.45) is 2.17. The van der Waals surface area contributed by atoms with Gasteiger partial charge in [-0.2, -0.15) is 0 Å². The molecule has 2 rings (SSSR count). The maximum absolute atomic E-state index is 12.3. The fourth-order valence-corrected chi connectivity index (χ4v) is 2.15. The van der Waals surface area contributed by atoms with Crippen LogP contribution in [-0.4, -0.2) is 30.5 Å². The van der Waals surface area contributed by atoms with E-state index in [9.17, 15) is 9.59 Å². The second kappa shape index (κ2) is 6.85. The van der Waals surface area contributed by atoms with Gasteiger partial charge < -0.3 is 9.47 Å². The average Bonchev–Trinajstić information content (AvgIpc) is 3.03. The van der Waals surface area contributed by atoms with Crippen molar-refractivity contribution in [3.63, 3.8) is 0 Å². The highest BCUT2D eigenvalue weighted by Crippen LogP contribution is 2.28. The quantitative estimate of drug-likeness (QED) is 0.766. The molecule has 0 aliphatic carbocycles. The number of para-hydroxylation sites is 1. The monoisotopic (exact) mass is 287 g/mol. The minimum absolute atomic E-state index is 0.231. The first kappa shape index (κ1) is 15.0. The lowest BCUT2D eigenvalue weighted by atomic mass is 10.0. The second-order valence-electron chi connectivity index (χ2n) is 4.48. The third kappa shape index (κ3) is 3.38. The lowest BCUT2D eigenvalue weighted by Gasteiger charge is -2.17. The Hall–Kier alpha value is -2.40. The Labute approximate surface area is 123 Å². The zero-order valence-corrected chi connectivity index (χ0v) is 12.0. The highest BCUT2D eigenvalue weighted by molar-refractivity contribution is 6.01. The summed E-state index contributed by atoms with van der Waals surface area (Å²) in [7, 11) is 2.97. The molecule has 0 aliphatic heterocycles. The summed E-state index contributed by atoms with van der Waals surface area (Å²) in [6, 6.07) is 10.6. The number of Topliss-reactive ketones (excluding diaryl/α,β-unsaturated/α-hetero) is 1. The summed E-state index contributed by atoms with van der Waals surface area (Å²) >= 11 is 0. The van der Waals surface area contributed by atoms with Gasteiger partial charge in [0.05, 0.1) is 13.5 Å². The van der Waals surface area contributed by atoms with Crippen LogP contribution in [0.5, 0.6) is 5.75 Å².